The van der Waals surface area contributed by atoms with E-state index in [4.69, 9.17) is 0 Å². The Labute approximate surface area is 126 Å². The summed E-state index contributed by atoms with van der Waals surface area (Å²) in [4.78, 5) is -0.0979. The molecule has 2 aromatic rings. The van der Waals surface area contributed by atoms with Gasteiger partial charge in [-0.1, -0.05) is 22.0 Å². The summed E-state index contributed by atoms with van der Waals surface area (Å²) in [5, 5.41) is 0. The van der Waals surface area contributed by atoms with Crippen LogP contribution in [0.5, 0.6) is 0 Å². The fourth-order valence-corrected chi connectivity index (χ4v) is 3.82. The number of benzene rings is 2. The number of nitrogens with one attached hydrogen (secondary N) is 1. The van der Waals surface area contributed by atoms with Crippen LogP contribution >= 0.6 is 15.9 Å². The number of anilines is 1. The summed E-state index contributed by atoms with van der Waals surface area (Å²) in [5.41, 5.74) is 2.09. The third kappa shape index (κ3) is 3.19. The van der Waals surface area contributed by atoms with E-state index in [1.165, 1.54) is 18.2 Å². The zero-order valence-corrected chi connectivity index (χ0v) is 13.3. The Balaban J connectivity index is 2.44. The third-order valence-electron chi connectivity index (χ3n) is 2.84. The van der Waals surface area contributed by atoms with Crippen LogP contribution in [0.4, 0.5) is 10.1 Å². The van der Waals surface area contributed by atoms with Crippen LogP contribution in [0.25, 0.3) is 0 Å². The van der Waals surface area contributed by atoms with Gasteiger partial charge in [-0.3, -0.25) is 4.72 Å². The van der Waals surface area contributed by atoms with Gasteiger partial charge in [0.15, 0.2) is 0 Å². The zero-order chi connectivity index (χ0) is 14.9. The van der Waals surface area contributed by atoms with E-state index in [-0.39, 0.29) is 4.90 Å². The quantitative estimate of drug-likeness (QED) is 0.901. The van der Waals surface area contributed by atoms with Crippen molar-refractivity contribution in [2.24, 2.45) is 0 Å². The maximum atomic E-state index is 13.1. The van der Waals surface area contributed by atoms with Crippen molar-refractivity contribution in [3.8, 4) is 0 Å². The molecular weight excluding hydrogens is 345 g/mol. The summed E-state index contributed by atoms with van der Waals surface area (Å²) in [6, 6.07) is 8.55. The molecule has 0 heterocycles. The Morgan fingerprint density at radius 3 is 2.25 bits per heavy atom. The number of sulfonamides is 1. The fraction of sp³-hybridized carbons (Fsp3) is 0.143. The van der Waals surface area contributed by atoms with Crippen LogP contribution in [0, 0.1) is 19.7 Å². The summed E-state index contributed by atoms with van der Waals surface area (Å²) in [7, 11) is -3.80. The minimum absolute atomic E-state index is 0.0979. The summed E-state index contributed by atoms with van der Waals surface area (Å²) in [6.45, 7) is 3.61. The molecule has 106 valence electrons. The van der Waals surface area contributed by atoms with Crippen LogP contribution in [0.3, 0.4) is 0 Å². The Kier molecular flexibility index (Phi) is 4.15. The molecule has 2 aromatic carbocycles. The number of rotatable bonds is 3. The average Bonchev–Trinajstić information content (AvgIpc) is 2.34. The number of aryl methyl sites for hydroxylation is 2. The predicted octanol–water partition coefficient (Wildman–Crippen LogP) is 4.01. The van der Waals surface area contributed by atoms with Crippen molar-refractivity contribution in [1.82, 2.24) is 0 Å². The van der Waals surface area contributed by atoms with Gasteiger partial charge in [-0.25, -0.2) is 12.8 Å². The van der Waals surface area contributed by atoms with Gasteiger partial charge in [-0.05, 0) is 55.3 Å². The van der Waals surface area contributed by atoms with Gasteiger partial charge >= 0.3 is 0 Å². The molecule has 0 unspecified atom stereocenters. The largest absolute Gasteiger partial charge is 0.279 e. The molecule has 0 saturated carbocycles. The van der Waals surface area contributed by atoms with E-state index >= 15 is 0 Å². The van der Waals surface area contributed by atoms with E-state index in [1.54, 1.807) is 13.8 Å². The van der Waals surface area contributed by atoms with E-state index < -0.39 is 15.8 Å². The molecule has 20 heavy (non-hydrogen) atoms. The van der Waals surface area contributed by atoms with E-state index in [1.807, 2.05) is 12.1 Å². The first kappa shape index (κ1) is 15.0. The maximum Gasteiger partial charge on any atom is 0.262 e. The van der Waals surface area contributed by atoms with Crippen LogP contribution in [-0.4, -0.2) is 8.42 Å². The molecule has 0 aliphatic carbocycles. The molecule has 0 aromatic heterocycles. The van der Waals surface area contributed by atoms with Crippen molar-refractivity contribution < 1.29 is 12.8 Å². The monoisotopic (exact) mass is 357 g/mol. The van der Waals surface area contributed by atoms with Crippen LogP contribution < -0.4 is 4.72 Å². The SMILES string of the molecule is Cc1cc(Br)cc(C)c1NS(=O)(=O)c1cccc(F)c1. The van der Waals surface area contributed by atoms with Crippen molar-refractivity contribution in [2.45, 2.75) is 18.7 Å². The van der Waals surface area contributed by atoms with Gasteiger partial charge in [0.2, 0.25) is 0 Å². The lowest BCUT2D eigenvalue weighted by Crippen LogP contribution is -2.15. The lowest BCUT2D eigenvalue weighted by atomic mass is 10.1. The second-order valence-electron chi connectivity index (χ2n) is 4.48. The van der Waals surface area contributed by atoms with Gasteiger partial charge < -0.3 is 0 Å². The minimum Gasteiger partial charge on any atom is -0.279 e. The fourth-order valence-electron chi connectivity index (χ4n) is 1.90. The first-order valence-corrected chi connectivity index (χ1v) is 8.12. The molecule has 1 N–H and O–H groups in total. The van der Waals surface area contributed by atoms with Gasteiger partial charge in [-0.2, -0.15) is 0 Å². The highest BCUT2D eigenvalue weighted by atomic mass is 79.9. The van der Waals surface area contributed by atoms with E-state index in [0.29, 0.717) is 5.69 Å². The Bertz CT molecular complexity index is 737. The molecule has 3 nitrogen and oxygen atoms in total. The normalized spacial score (nSPS) is 11.4. The minimum atomic E-state index is -3.80. The van der Waals surface area contributed by atoms with Gasteiger partial charge in [0.05, 0.1) is 10.6 Å². The molecule has 0 amide bonds. The van der Waals surface area contributed by atoms with E-state index in [0.717, 1.165) is 21.7 Å². The highest BCUT2D eigenvalue weighted by Crippen LogP contribution is 2.27. The highest BCUT2D eigenvalue weighted by molar-refractivity contribution is 9.10. The predicted molar refractivity (Wildman–Crippen MR) is 80.8 cm³/mol. The smallest absolute Gasteiger partial charge is 0.262 e. The second kappa shape index (κ2) is 5.54. The van der Waals surface area contributed by atoms with Crippen molar-refractivity contribution in [3.05, 3.63) is 57.8 Å². The Hall–Kier alpha value is -1.40. The van der Waals surface area contributed by atoms with Gasteiger partial charge in [0.25, 0.3) is 10.0 Å². The molecule has 2 rings (SSSR count). The van der Waals surface area contributed by atoms with Gasteiger partial charge in [-0.15, -0.1) is 0 Å². The second-order valence-corrected chi connectivity index (χ2v) is 7.08. The molecular formula is C14H13BrFNO2S. The van der Waals surface area contributed by atoms with Gasteiger partial charge in [0, 0.05) is 4.47 Å². The van der Waals surface area contributed by atoms with Crippen molar-refractivity contribution in [2.75, 3.05) is 4.72 Å². The standard InChI is InChI=1S/C14H13BrFNO2S/c1-9-6-11(15)7-10(2)14(9)17-20(18,19)13-5-3-4-12(16)8-13/h3-8,17H,1-2H3. The highest BCUT2D eigenvalue weighted by Gasteiger charge is 2.17. The molecule has 0 aliphatic heterocycles. The number of hydrogen-bond donors (Lipinski definition) is 1. The lowest BCUT2D eigenvalue weighted by Gasteiger charge is -2.14. The molecule has 0 aliphatic rings. The van der Waals surface area contributed by atoms with Gasteiger partial charge in [0.1, 0.15) is 5.82 Å². The summed E-state index contributed by atoms with van der Waals surface area (Å²) in [6.07, 6.45) is 0. The lowest BCUT2D eigenvalue weighted by molar-refractivity contribution is 0.595. The van der Waals surface area contributed by atoms with Crippen LogP contribution in [0.15, 0.2) is 45.8 Å². The van der Waals surface area contributed by atoms with Crippen molar-refractivity contribution in [3.63, 3.8) is 0 Å². The molecule has 0 radical (unpaired) electrons. The maximum absolute atomic E-state index is 13.1. The Morgan fingerprint density at radius 1 is 1.10 bits per heavy atom. The summed E-state index contributed by atoms with van der Waals surface area (Å²) < 4.78 is 41.0. The molecule has 0 atom stereocenters. The molecule has 0 bridgehead atoms. The molecule has 0 fully saturated rings. The number of hydrogen-bond acceptors (Lipinski definition) is 2. The van der Waals surface area contributed by atoms with Crippen LogP contribution in [-0.2, 0) is 10.0 Å². The summed E-state index contributed by atoms with van der Waals surface area (Å²) >= 11 is 3.35. The topological polar surface area (TPSA) is 46.2 Å². The zero-order valence-electron chi connectivity index (χ0n) is 10.9. The Morgan fingerprint density at radius 2 is 1.70 bits per heavy atom. The van der Waals surface area contributed by atoms with Crippen LogP contribution in [0.1, 0.15) is 11.1 Å². The third-order valence-corrected chi connectivity index (χ3v) is 4.65. The number of halogens is 2. The average molecular weight is 358 g/mol. The molecule has 0 saturated heterocycles. The van der Waals surface area contributed by atoms with E-state index in [9.17, 15) is 12.8 Å². The molecule has 0 spiro atoms. The first-order chi connectivity index (χ1) is 9.29. The van der Waals surface area contributed by atoms with Crippen LogP contribution in [0.2, 0.25) is 0 Å². The first-order valence-electron chi connectivity index (χ1n) is 5.85. The van der Waals surface area contributed by atoms with E-state index in [2.05, 4.69) is 20.7 Å². The van der Waals surface area contributed by atoms with Crippen molar-refractivity contribution >= 4 is 31.6 Å². The molecule has 6 heteroatoms. The summed E-state index contributed by atoms with van der Waals surface area (Å²) in [5.74, 6) is -0.586. The van der Waals surface area contributed by atoms with Crippen molar-refractivity contribution in [1.29, 1.82) is 0 Å².